The minimum absolute atomic E-state index is 0.0701. The molecule has 1 aliphatic heterocycles. The van der Waals surface area contributed by atoms with Gasteiger partial charge in [-0.3, -0.25) is 4.79 Å². The molecule has 2 heterocycles. The number of amides is 1. The van der Waals surface area contributed by atoms with Crippen LogP contribution in [-0.4, -0.2) is 49.1 Å². The molecule has 1 fully saturated rings. The fraction of sp³-hybridized carbons (Fsp3) is 0.429. The van der Waals surface area contributed by atoms with E-state index in [-0.39, 0.29) is 5.91 Å². The number of pyridine rings is 1. The number of methoxy groups -OCH3 is 1. The lowest BCUT2D eigenvalue weighted by atomic mass is 9.92. The Morgan fingerprint density at radius 3 is 2.85 bits per heavy atom. The molecule has 1 aromatic carbocycles. The zero-order chi connectivity index (χ0) is 18.4. The molecule has 1 aliphatic rings. The summed E-state index contributed by atoms with van der Waals surface area (Å²) in [6, 6.07) is 10.5. The third kappa shape index (κ3) is 4.14. The van der Waals surface area contributed by atoms with Gasteiger partial charge in [0.1, 0.15) is 5.82 Å². The zero-order valence-corrected chi connectivity index (χ0v) is 15.4. The zero-order valence-electron chi connectivity index (χ0n) is 15.4. The first-order valence-electron chi connectivity index (χ1n) is 9.07. The number of nitrogens with zero attached hydrogens (tertiary/aromatic N) is 2. The molecule has 0 atom stereocenters. The molecule has 26 heavy (non-hydrogen) atoms. The molecule has 136 valence electrons. The van der Waals surface area contributed by atoms with Crippen LogP contribution in [0.25, 0.3) is 10.8 Å². The van der Waals surface area contributed by atoms with Crippen LogP contribution in [0.1, 0.15) is 31.4 Å². The summed E-state index contributed by atoms with van der Waals surface area (Å²) in [6.45, 7) is 4.53. The van der Waals surface area contributed by atoms with Gasteiger partial charge in [-0.1, -0.05) is 30.2 Å². The highest BCUT2D eigenvalue weighted by atomic mass is 16.5. The van der Waals surface area contributed by atoms with Gasteiger partial charge in [0, 0.05) is 43.7 Å². The molecule has 5 nitrogen and oxygen atoms in total. The molecule has 1 amide bonds. The van der Waals surface area contributed by atoms with Crippen molar-refractivity contribution >= 4 is 22.5 Å². The monoisotopic (exact) mass is 351 g/mol. The molecule has 0 bridgehead atoms. The van der Waals surface area contributed by atoms with Gasteiger partial charge >= 0.3 is 0 Å². The number of fused-ring (bicyclic) bond motifs is 1. The quantitative estimate of drug-likeness (QED) is 0.665. The van der Waals surface area contributed by atoms with Gasteiger partial charge in [-0.05, 0) is 37.1 Å². The lowest BCUT2D eigenvalue weighted by Crippen LogP contribution is -2.37. The number of carbonyl (C=O) groups excluding carboxylic acids is 1. The third-order valence-electron chi connectivity index (χ3n) is 4.79. The van der Waals surface area contributed by atoms with Crippen LogP contribution in [0, 0.1) is 11.8 Å². The summed E-state index contributed by atoms with van der Waals surface area (Å²) in [4.78, 5) is 18.7. The highest BCUT2D eigenvalue weighted by molar-refractivity contribution is 5.93. The first-order chi connectivity index (χ1) is 12.7. The molecule has 0 saturated carbocycles. The van der Waals surface area contributed by atoms with Crippen molar-refractivity contribution in [1.29, 1.82) is 0 Å². The van der Waals surface area contributed by atoms with Crippen molar-refractivity contribution in [3.05, 3.63) is 36.0 Å². The average Bonchev–Trinajstić information content (AvgIpc) is 2.68. The van der Waals surface area contributed by atoms with Crippen LogP contribution in [0.2, 0.25) is 0 Å². The summed E-state index contributed by atoms with van der Waals surface area (Å²) in [5.74, 6) is 6.52. The van der Waals surface area contributed by atoms with Crippen molar-refractivity contribution in [2.75, 3.05) is 38.7 Å². The molecule has 1 saturated heterocycles. The van der Waals surface area contributed by atoms with Gasteiger partial charge in [0.05, 0.1) is 6.61 Å². The topological polar surface area (TPSA) is 54.5 Å². The van der Waals surface area contributed by atoms with E-state index >= 15 is 0 Å². The molecule has 1 aromatic heterocycles. The van der Waals surface area contributed by atoms with Gasteiger partial charge in [0.15, 0.2) is 0 Å². The molecule has 2 aromatic rings. The fourth-order valence-corrected chi connectivity index (χ4v) is 3.40. The molecule has 0 unspecified atom stereocenters. The minimum Gasteiger partial charge on any atom is -0.383 e. The van der Waals surface area contributed by atoms with Crippen molar-refractivity contribution in [3.8, 4) is 11.8 Å². The Labute approximate surface area is 154 Å². The van der Waals surface area contributed by atoms with Crippen LogP contribution in [0.5, 0.6) is 0 Å². The average molecular weight is 351 g/mol. The molecule has 1 N–H and O–H groups in total. The summed E-state index contributed by atoms with van der Waals surface area (Å²) in [5.41, 5.74) is 1.09. The van der Waals surface area contributed by atoms with Crippen LogP contribution in [0.15, 0.2) is 30.3 Å². The SMILES string of the molecule is CC#CC(=O)N1CCC(c2cc3ccccc3c(NCCOC)n2)CC1. The summed E-state index contributed by atoms with van der Waals surface area (Å²) >= 11 is 0. The standard InChI is InChI=1S/C21H25N3O2/c1-3-6-20(25)24-12-9-16(10-13-24)19-15-17-7-4-5-8-18(17)21(23-19)22-11-14-26-2/h4-5,7-8,15-16H,9-14H2,1-2H3,(H,22,23). The van der Waals surface area contributed by atoms with E-state index in [1.165, 1.54) is 5.39 Å². The second kappa shape index (κ2) is 8.68. The van der Waals surface area contributed by atoms with Crippen molar-refractivity contribution in [1.82, 2.24) is 9.88 Å². The molecule has 0 spiro atoms. The number of hydrogen-bond donors (Lipinski definition) is 1. The first-order valence-corrected chi connectivity index (χ1v) is 9.07. The third-order valence-corrected chi connectivity index (χ3v) is 4.79. The Morgan fingerprint density at radius 2 is 2.12 bits per heavy atom. The number of piperidine rings is 1. The van der Waals surface area contributed by atoms with Gasteiger partial charge in [-0.2, -0.15) is 0 Å². The number of aromatic nitrogens is 1. The normalized spacial score (nSPS) is 14.8. The maximum Gasteiger partial charge on any atom is 0.298 e. The Balaban J connectivity index is 1.79. The number of nitrogens with one attached hydrogen (secondary N) is 1. The van der Waals surface area contributed by atoms with E-state index in [4.69, 9.17) is 9.72 Å². The molecular weight excluding hydrogens is 326 g/mol. The van der Waals surface area contributed by atoms with Crippen LogP contribution in [-0.2, 0) is 9.53 Å². The van der Waals surface area contributed by atoms with Crippen molar-refractivity contribution < 1.29 is 9.53 Å². The first kappa shape index (κ1) is 18.2. The van der Waals surface area contributed by atoms with Crippen molar-refractivity contribution in [3.63, 3.8) is 0 Å². The number of anilines is 1. The van der Waals surface area contributed by atoms with E-state index in [0.29, 0.717) is 12.5 Å². The second-order valence-corrected chi connectivity index (χ2v) is 6.48. The van der Waals surface area contributed by atoms with Crippen molar-refractivity contribution in [2.45, 2.75) is 25.7 Å². The maximum atomic E-state index is 11.9. The predicted molar refractivity (Wildman–Crippen MR) is 104 cm³/mol. The van der Waals surface area contributed by atoms with E-state index in [9.17, 15) is 4.79 Å². The van der Waals surface area contributed by atoms with E-state index in [2.05, 4.69) is 41.4 Å². The number of hydrogen-bond acceptors (Lipinski definition) is 4. The summed E-state index contributed by atoms with van der Waals surface area (Å²) in [6.07, 6.45) is 1.83. The number of carbonyl (C=O) groups is 1. The number of rotatable bonds is 5. The smallest absolute Gasteiger partial charge is 0.298 e. The Kier molecular flexibility index (Phi) is 6.08. The second-order valence-electron chi connectivity index (χ2n) is 6.48. The van der Waals surface area contributed by atoms with Gasteiger partial charge in [0.2, 0.25) is 0 Å². The Bertz CT molecular complexity index is 830. The lowest BCUT2D eigenvalue weighted by Gasteiger charge is -2.30. The molecule has 0 aliphatic carbocycles. The molecule has 0 radical (unpaired) electrons. The van der Waals surface area contributed by atoms with Gasteiger partial charge < -0.3 is 15.0 Å². The van der Waals surface area contributed by atoms with E-state index < -0.39 is 0 Å². The van der Waals surface area contributed by atoms with E-state index in [1.54, 1.807) is 14.0 Å². The maximum absolute atomic E-state index is 11.9. The highest BCUT2D eigenvalue weighted by Crippen LogP contribution is 2.31. The lowest BCUT2D eigenvalue weighted by molar-refractivity contribution is -0.126. The van der Waals surface area contributed by atoms with Crippen LogP contribution >= 0.6 is 0 Å². The van der Waals surface area contributed by atoms with Gasteiger partial charge in [0.25, 0.3) is 5.91 Å². The largest absolute Gasteiger partial charge is 0.383 e. The fourth-order valence-electron chi connectivity index (χ4n) is 3.40. The summed E-state index contributed by atoms with van der Waals surface area (Å²) < 4.78 is 5.14. The van der Waals surface area contributed by atoms with Crippen LogP contribution < -0.4 is 5.32 Å². The summed E-state index contributed by atoms with van der Waals surface area (Å²) in [7, 11) is 1.70. The van der Waals surface area contributed by atoms with Gasteiger partial charge in [-0.15, -0.1) is 0 Å². The Morgan fingerprint density at radius 1 is 1.35 bits per heavy atom. The Hall–Kier alpha value is -2.58. The number of benzene rings is 1. The van der Waals surface area contributed by atoms with Gasteiger partial charge in [-0.25, -0.2) is 4.98 Å². The molecule has 3 rings (SSSR count). The van der Waals surface area contributed by atoms with Crippen molar-refractivity contribution in [2.24, 2.45) is 0 Å². The van der Waals surface area contributed by atoms with E-state index in [1.807, 2.05) is 11.0 Å². The highest BCUT2D eigenvalue weighted by Gasteiger charge is 2.24. The number of ether oxygens (including phenoxy) is 1. The summed E-state index contributed by atoms with van der Waals surface area (Å²) in [5, 5.41) is 5.70. The predicted octanol–water partition coefficient (Wildman–Crippen LogP) is 3.02. The minimum atomic E-state index is -0.0701. The molecular formula is C21H25N3O2. The van der Waals surface area contributed by atoms with Crippen LogP contribution in [0.4, 0.5) is 5.82 Å². The number of likely N-dealkylation sites (tertiary alicyclic amines) is 1. The molecule has 5 heteroatoms. The van der Waals surface area contributed by atoms with Crippen LogP contribution in [0.3, 0.4) is 0 Å². The van der Waals surface area contributed by atoms with E-state index in [0.717, 1.165) is 49.4 Å².